The molecular weight excluding hydrogens is 425 g/mol. The molecule has 0 bridgehead atoms. The number of alkyl halides is 3. The summed E-state index contributed by atoms with van der Waals surface area (Å²) in [4.78, 5) is 40.4. The van der Waals surface area contributed by atoms with Gasteiger partial charge in [-0.1, -0.05) is 33.8 Å². The number of Topliss-reactive ketones (excluding diaryl/α,β-unsaturated/α-hetero) is 1. The molecule has 6 nitrogen and oxygen atoms in total. The van der Waals surface area contributed by atoms with E-state index in [4.69, 9.17) is 4.74 Å². The second-order valence-corrected chi connectivity index (χ2v) is 9.51. The Kier molecular flexibility index (Phi) is 5.91. The number of allylic oxidation sites excluding steroid dienone is 1. The molecule has 0 fully saturated rings. The summed E-state index contributed by atoms with van der Waals surface area (Å²) in [5.74, 6) is -3.12. The van der Waals surface area contributed by atoms with Crippen molar-refractivity contribution < 1.29 is 32.3 Å². The molecule has 2 amide bonds. The van der Waals surface area contributed by atoms with Crippen molar-refractivity contribution in [2.45, 2.75) is 52.3 Å². The fourth-order valence-corrected chi connectivity index (χ4v) is 4.39. The van der Waals surface area contributed by atoms with E-state index in [0.717, 1.165) is 4.90 Å². The number of benzene rings is 1. The molecular formula is C23H27F3N2O4. The second kappa shape index (κ2) is 7.94. The zero-order valence-corrected chi connectivity index (χ0v) is 18.7. The predicted molar refractivity (Wildman–Crippen MR) is 111 cm³/mol. The maximum Gasteiger partial charge on any atom is 0.425 e. The lowest BCUT2D eigenvalue weighted by atomic mass is 9.72. The number of nitrogens with one attached hydrogen (secondary N) is 1. The molecule has 0 aromatic heterocycles. The molecule has 0 radical (unpaired) electrons. The quantitative estimate of drug-likeness (QED) is 0.736. The number of amides is 2. The molecule has 9 heteroatoms. The lowest BCUT2D eigenvalue weighted by Crippen LogP contribution is -2.66. The third-order valence-corrected chi connectivity index (χ3v) is 5.73. The number of ketones is 1. The Hall–Kier alpha value is -2.84. The molecule has 1 aromatic carbocycles. The van der Waals surface area contributed by atoms with Gasteiger partial charge >= 0.3 is 6.18 Å². The summed E-state index contributed by atoms with van der Waals surface area (Å²) in [6, 6.07) is 5.57. The molecule has 1 atom stereocenters. The highest BCUT2D eigenvalue weighted by atomic mass is 19.4. The molecule has 0 saturated heterocycles. The van der Waals surface area contributed by atoms with E-state index in [1.165, 1.54) is 31.4 Å². The molecule has 1 aliphatic carbocycles. The number of methoxy groups -OCH3 is 1. The number of hydrogen-bond donors (Lipinski definition) is 1. The van der Waals surface area contributed by atoms with E-state index < -0.39 is 40.3 Å². The van der Waals surface area contributed by atoms with Gasteiger partial charge < -0.3 is 15.0 Å². The van der Waals surface area contributed by atoms with Crippen LogP contribution in [0.2, 0.25) is 0 Å². The SMILES string of the molecule is COc1cccc(C(=O)N[C@]2(C(F)(F)F)C(=O)N(CC(C)C)C3=C2C(=O)CC(C)(C)C3)c1. The summed E-state index contributed by atoms with van der Waals surface area (Å²) in [5, 5.41) is 1.92. The Morgan fingerprint density at radius 1 is 1.22 bits per heavy atom. The van der Waals surface area contributed by atoms with E-state index in [9.17, 15) is 27.6 Å². The standard InChI is InChI=1S/C23H27F3N2O4/c1-13(2)12-28-16-10-21(3,4)11-17(29)18(16)22(20(28)31,23(24,25)26)27-19(30)14-7-6-8-15(9-14)32-5/h6-9,13H,10-12H2,1-5H3,(H,27,30)/t22-/m0/s1. The van der Waals surface area contributed by atoms with Crippen LogP contribution in [0.15, 0.2) is 35.5 Å². The zero-order chi connectivity index (χ0) is 24.1. The molecule has 32 heavy (non-hydrogen) atoms. The molecule has 0 spiro atoms. The van der Waals surface area contributed by atoms with Crippen molar-refractivity contribution in [1.29, 1.82) is 0 Å². The average molecular weight is 452 g/mol. The molecule has 1 N–H and O–H groups in total. The highest BCUT2D eigenvalue weighted by molar-refractivity contribution is 6.14. The lowest BCUT2D eigenvalue weighted by Gasteiger charge is -2.35. The van der Waals surface area contributed by atoms with E-state index in [1.54, 1.807) is 27.7 Å². The van der Waals surface area contributed by atoms with E-state index in [2.05, 4.69) is 0 Å². The normalized spacial score (nSPS) is 23.0. The van der Waals surface area contributed by atoms with Crippen molar-refractivity contribution in [3.63, 3.8) is 0 Å². The third-order valence-electron chi connectivity index (χ3n) is 5.73. The van der Waals surface area contributed by atoms with E-state index in [1.807, 2.05) is 5.32 Å². The van der Waals surface area contributed by atoms with Crippen molar-refractivity contribution in [3.8, 4) is 5.75 Å². The topological polar surface area (TPSA) is 75.7 Å². The first-order valence-corrected chi connectivity index (χ1v) is 10.4. The number of nitrogens with zero attached hydrogens (tertiary/aromatic N) is 1. The van der Waals surface area contributed by atoms with Crippen molar-refractivity contribution in [1.82, 2.24) is 10.2 Å². The largest absolute Gasteiger partial charge is 0.497 e. The molecule has 1 aromatic rings. The van der Waals surface area contributed by atoms with E-state index in [0.29, 0.717) is 0 Å². The second-order valence-electron chi connectivity index (χ2n) is 9.51. The van der Waals surface area contributed by atoms with Gasteiger partial charge in [-0.05, 0) is 36.0 Å². The molecule has 0 saturated carbocycles. The molecule has 2 aliphatic rings. The Balaban J connectivity index is 2.18. The first kappa shape index (κ1) is 23.8. The van der Waals surface area contributed by atoms with Gasteiger partial charge in [-0.2, -0.15) is 13.2 Å². The molecule has 3 rings (SSSR count). The summed E-state index contributed by atoms with van der Waals surface area (Å²) in [6.07, 6.45) is -5.25. The molecule has 174 valence electrons. The van der Waals surface area contributed by atoms with Crippen LogP contribution < -0.4 is 10.1 Å². The molecule has 1 aliphatic heterocycles. The van der Waals surface area contributed by atoms with Gasteiger partial charge in [-0.25, -0.2) is 0 Å². The van der Waals surface area contributed by atoms with Crippen molar-refractivity contribution in [2.75, 3.05) is 13.7 Å². The third kappa shape index (κ3) is 3.89. The summed E-state index contributed by atoms with van der Waals surface area (Å²) >= 11 is 0. The smallest absolute Gasteiger partial charge is 0.425 e. The number of rotatable bonds is 5. The lowest BCUT2D eigenvalue weighted by molar-refractivity contribution is -0.190. The number of halogens is 3. The Labute approximate surface area is 184 Å². The summed E-state index contributed by atoms with van der Waals surface area (Å²) in [7, 11) is 1.36. The van der Waals surface area contributed by atoms with Crippen molar-refractivity contribution in [3.05, 3.63) is 41.1 Å². The monoisotopic (exact) mass is 452 g/mol. The van der Waals surface area contributed by atoms with Crippen molar-refractivity contribution in [2.24, 2.45) is 11.3 Å². The highest BCUT2D eigenvalue weighted by Crippen LogP contribution is 2.51. The average Bonchev–Trinajstić information content (AvgIpc) is 2.89. The minimum atomic E-state index is -5.22. The number of carbonyl (C=O) groups is 3. The van der Waals surface area contributed by atoms with Gasteiger partial charge in [0.15, 0.2) is 5.78 Å². The van der Waals surface area contributed by atoms with Crippen LogP contribution in [0.5, 0.6) is 5.75 Å². The van der Waals surface area contributed by atoms with Gasteiger partial charge in [0.1, 0.15) is 5.75 Å². The minimum Gasteiger partial charge on any atom is -0.497 e. The van der Waals surface area contributed by atoms with Crippen LogP contribution in [-0.2, 0) is 9.59 Å². The van der Waals surface area contributed by atoms with E-state index in [-0.39, 0.29) is 42.3 Å². The Morgan fingerprint density at radius 3 is 2.44 bits per heavy atom. The highest BCUT2D eigenvalue weighted by Gasteiger charge is 2.71. The van der Waals surface area contributed by atoms with Gasteiger partial charge in [-0.15, -0.1) is 0 Å². The van der Waals surface area contributed by atoms with Crippen LogP contribution in [0.25, 0.3) is 0 Å². The maximum atomic E-state index is 14.7. The number of carbonyl (C=O) groups excluding carboxylic acids is 3. The van der Waals surface area contributed by atoms with Gasteiger partial charge in [0.25, 0.3) is 11.8 Å². The predicted octanol–water partition coefficient (Wildman–Crippen LogP) is 3.87. The van der Waals surface area contributed by atoms with Crippen LogP contribution in [0.3, 0.4) is 0 Å². The fraction of sp³-hybridized carbons (Fsp3) is 0.522. The Bertz CT molecular complexity index is 997. The minimum absolute atomic E-state index is 0.00782. The van der Waals surface area contributed by atoms with Crippen LogP contribution in [0.4, 0.5) is 13.2 Å². The number of hydrogen-bond acceptors (Lipinski definition) is 4. The van der Waals surface area contributed by atoms with Gasteiger partial charge in [0.05, 0.1) is 12.7 Å². The van der Waals surface area contributed by atoms with Crippen LogP contribution in [0, 0.1) is 11.3 Å². The maximum absolute atomic E-state index is 14.7. The van der Waals surface area contributed by atoms with Gasteiger partial charge in [0, 0.05) is 24.2 Å². The molecule has 1 heterocycles. The van der Waals surface area contributed by atoms with Crippen molar-refractivity contribution >= 4 is 17.6 Å². The Morgan fingerprint density at radius 2 is 1.88 bits per heavy atom. The van der Waals surface area contributed by atoms with E-state index >= 15 is 0 Å². The molecule has 0 unspecified atom stereocenters. The first-order chi connectivity index (χ1) is 14.7. The number of ether oxygens (including phenoxy) is 1. The summed E-state index contributed by atoms with van der Waals surface area (Å²) in [6.45, 7) is 7.09. The zero-order valence-electron chi connectivity index (χ0n) is 18.7. The summed E-state index contributed by atoms with van der Waals surface area (Å²) < 4.78 is 49.0. The fourth-order valence-electron chi connectivity index (χ4n) is 4.39. The van der Waals surface area contributed by atoms with Gasteiger partial charge in [0.2, 0.25) is 5.54 Å². The van der Waals surface area contributed by atoms with Crippen LogP contribution >= 0.6 is 0 Å². The van der Waals surface area contributed by atoms with Crippen LogP contribution in [-0.4, -0.2) is 47.9 Å². The van der Waals surface area contributed by atoms with Gasteiger partial charge in [-0.3, -0.25) is 14.4 Å². The van der Waals surface area contributed by atoms with Crippen LogP contribution in [0.1, 0.15) is 50.9 Å². The summed E-state index contributed by atoms with van der Waals surface area (Å²) in [5.41, 5.74) is -4.76. The first-order valence-electron chi connectivity index (χ1n) is 10.4.